The van der Waals surface area contributed by atoms with Gasteiger partial charge >= 0.3 is 7.48 Å². The molecule has 0 aliphatic heterocycles. The molecular formula is C3H4BN2O. The maximum absolute atomic E-state index is 8.23. The molecule has 7 heavy (non-hydrogen) atoms. The highest BCUT2D eigenvalue weighted by molar-refractivity contribution is 6.44. The van der Waals surface area contributed by atoms with E-state index in [-0.39, 0.29) is 0 Å². The molecule has 0 saturated carbocycles. The first kappa shape index (κ1) is 4.40. The molecule has 1 rings (SSSR count). The van der Waals surface area contributed by atoms with E-state index in [0.717, 1.165) is 7.48 Å². The molecule has 0 unspecified atom stereocenters. The van der Waals surface area contributed by atoms with E-state index >= 15 is 0 Å². The second-order valence-electron chi connectivity index (χ2n) is 1.14. The van der Waals surface area contributed by atoms with E-state index in [4.69, 9.17) is 5.02 Å². The van der Waals surface area contributed by atoms with Crippen LogP contribution in [0, 0.1) is 0 Å². The topological polar surface area (TPSA) is 48.9 Å². The standard InChI is InChI=1S/C3H4BN2O/c7-4-3-1-2-5-6-3/h1-2,7H,(H,5,6). The zero-order valence-corrected chi connectivity index (χ0v) is 3.63. The largest absolute Gasteiger partial charge is 0.449 e. The first-order valence-electron chi connectivity index (χ1n) is 1.90. The number of hydrogen-bond donors (Lipinski definition) is 2. The fraction of sp³-hybridized carbons (Fsp3) is 0. The monoisotopic (exact) mass is 95.0 g/mol. The maximum atomic E-state index is 8.23. The Morgan fingerprint density at radius 3 is 3.00 bits per heavy atom. The lowest BCUT2D eigenvalue weighted by Gasteiger charge is -1.75. The Labute approximate surface area is 41.6 Å². The Kier molecular flexibility index (Phi) is 1.13. The third-order valence-corrected chi connectivity index (χ3v) is 0.661. The molecule has 0 aliphatic carbocycles. The van der Waals surface area contributed by atoms with Crippen molar-refractivity contribution in [1.29, 1.82) is 0 Å². The van der Waals surface area contributed by atoms with Crippen LogP contribution in [0.15, 0.2) is 12.3 Å². The minimum atomic E-state index is 0.625. The van der Waals surface area contributed by atoms with E-state index in [0.29, 0.717) is 5.59 Å². The molecule has 0 atom stereocenters. The number of H-pyrrole nitrogens is 1. The Hall–Kier alpha value is -0.765. The maximum Gasteiger partial charge on any atom is 0.347 e. The molecule has 0 fully saturated rings. The Morgan fingerprint density at radius 1 is 1.86 bits per heavy atom. The highest BCUT2D eigenvalue weighted by Crippen LogP contribution is 1.64. The molecule has 2 N–H and O–H groups in total. The van der Waals surface area contributed by atoms with Gasteiger partial charge in [-0.3, -0.25) is 5.10 Å². The summed E-state index contributed by atoms with van der Waals surface area (Å²) in [5, 5.41) is 14.3. The van der Waals surface area contributed by atoms with Crippen molar-refractivity contribution in [3.63, 3.8) is 0 Å². The van der Waals surface area contributed by atoms with Crippen molar-refractivity contribution < 1.29 is 5.02 Å². The van der Waals surface area contributed by atoms with E-state index in [1.54, 1.807) is 12.3 Å². The summed E-state index contributed by atoms with van der Waals surface area (Å²) in [4.78, 5) is 0. The van der Waals surface area contributed by atoms with Gasteiger partial charge in [0, 0.05) is 11.8 Å². The van der Waals surface area contributed by atoms with Crippen molar-refractivity contribution in [2.45, 2.75) is 0 Å². The molecule has 0 amide bonds. The highest BCUT2D eigenvalue weighted by atomic mass is 16.2. The number of aromatic nitrogens is 2. The first-order valence-corrected chi connectivity index (χ1v) is 1.90. The highest BCUT2D eigenvalue weighted by Gasteiger charge is 1.88. The Bertz CT molecular complexity index is 127. The normalized spacial score (nSPS) is 8.71. The van der Waals surface area contributed by atoms with Crippen LogP contribution in [0.4, 0.5) is 0 Å². The number of rotatable bonds is 1. The summed E-state index contributed by atoms with van der Waals surface area (Å²) in [6.45, 7) is 0. The lowest BCUT2D eigenvalue weighted by Crippen LogP contribution is -2.13. The van der Waals surface area contributed by atoms with Crippen molar-refractivity contribution >= 4 is 13.1 Å². The van der Waals surface area contributed by atoms with Gasteiger partial charge < -0.3 is 5.02 Å². The van der Waals surface area contributed by atoms with Crippen LogP contribution in [0.2, 0.25) is 0 Å². The van der Waals surface area contributed by atoms with Crippen molar-refractivity contribution in [2.75, 3.05) is 0 Å². The predicted molar refractivity (Wildman–Crippen MR) is 26.2 cm³/mol. The smallest absolute Gasteiger partial charge is 0.347 e. The Morgan fingerprint density at radius 2 is 2.71 bits per heavy atom. The second-order valence-corrected chi connectivity index (χ2v) is 1.14. The zero-order chi connectivity index (χ0) is 5.11. The quantitative estimate of drug-likeness (QED) is 0.423. The molecule has 0 aromatic carbocycles. The summed E-state index contributed by atoms with van der Waals surface area (Å²) in [5.41, 5.74) is 0.625. The van der Waals surface area contributed by atoms with Gasteiger partial charge in [-0.2, -0.15) is 5.10 Å². The minimum absolute atomic E-state index is 0.625. The second kappa shape index (κ2) is 1.79. The van der Waals surface area contributed by atoms with E-state index in [1.807, 2.05) is 0 Å². The molecule has 1 radical (unpaired) electrons. The van der Waals surface area contributed by atoms with Crippen molar-refractivity contribution in [2.24, 2.45) is 0 Å². The molecule has 3 nitrogen and oxygen atoms in total. The lowest BCUT2D eigenvalue weighted by atomic mass is 9.97. The summed E-state index contributed by atoms with van der Waals surface area (Å²) in [6, 6.07) is 1.67. The first-order chi connectivity index (χ1) is 3.43. The minimum Gasteiger partial charge on any atom is -0.449 e. The molecule has 1 aromatic heterocycles. The average molecular weight is 94.9 g/mol. The van der Waals surface area contributed by atoms with Crippen LogP contribution in [-0.4, -0.2) is 22.7 Å². The molecule has 4 heteroatoms. The van der Waals surface area contributed by atoms with E-state index in [9.17, 15) is 0 Å². The summed E-state index contributed by atoms with van der Waals surface area (Å²) >= 11 is 0. The van der Waals surface area contributed by atoms with Gasteiger partial charge in [0.15, 0.2) is 0 Å². The van der Waals surface area contributed by atoms with Crippen LogP contribution >= 0.6 is 0 Å². The Balaban J connectivity index is 2.76. The molecule has 1 aromatic rings. The van der Waals surface area contributed by atoms with Gasteiger partial charge in [-0.25, -0.2) is 0 Å². The number of aromatic amines is 1. The van der Waals surface area contributed by atoms with Gasteiger partial charge in [-0.1, -0.05) is 0 Å². The van der Waals surface area contributed by atoms with Crippen molar-refractivity contribution in [3.05, 3.63) is 12.3 Å². The summed E-state index contributed by atoms with van der Waals surface area (Å²) < 4.78 is 0. The van der Waals surface area contributed by atoms with E-state index in [1.165, 1.54) is 0 Å². The van der Waals surface area contributed by atoms with Crippen LogP contribution in [0.3, 0.4) is 0 Å². The van der Waals surface area contributed by atoms with Gasteiger partial charge in [0.1, 0.15) is 0 Å². The van der Waals surface area contributed by atoms with Gasteiger partial charge in [0.2, 0.25) is 0 Å². The summed E-state index contributed by atoms with van der Waals surface area (Å²) in [7, 11) is 0.965. The van der Waals surface area contributed by atoms with Gasteiger partial charge in [-0.05, 0) is 6.07 Å². The van der Waals surface area contributed by atoms with Crippen molar-refractivity contribution in [1.82, 2.24) is 10.2 Å². The van der Waals surface area contributed by atoms with Gasteiger partial charge in [0.25, 0.3) is 0 Å². The summed E-state index contributed by atoms with van der Waals surface area (Å²) in [6.07, 6.45) is 1.57. The average Bonchev–Trinajstić information content (AvgIpc) is 2.14. The fourth-order valence-electron chi connectivity index (χ4n) is 0.339. The lowest BCUT2D eigenvalue weighted by molar-refractivity contribution is 0.614. The van der Waals surface area contributed by atoms with Crippen LogP contribution in [0.25, 0.3) is 0 Å². The molecule has 0 aliphatic rings. The van der Waals surface area contributed by atoms with Crippen LogP contribution in [0.5, 0.6) is 0 Å². The zero-order valence-electron chi connectivity index (χ0n) is 3.63. The number of nitrogens with zero attached hydrogens (tertiary/aromatic N) is 1. The molecule has 35 valence electrons. The molecular weight excluding hydrogens is 90.9 g/mol. The number of nitrogens with one attached hydrogen (secondary N) is 1. The van der Waals surface area contributed by atoms with Crippen LogP contribution in [-0.2, 0) is 0 Å². The van der Waals surface area contributed by atoms with Crippen LogP contribution in [0.1, 0.15) is 0 Å². The molecule has 0 saturated heterocycles. The third kappa shape index (κ3) is 0.808. The molecule has 0 bridgehead atoms. The SMILES string of the molecule is O[B]c1ccn[nH]1. The molecule has 1 heterocycles. The molecule has 0 spiro atoms. The van der Waals surface area contributed by atoms with Gasteiger partial charge in [0.05, 0.1) is 0 Å². The van der Waals surface area contributed by atoms with Crippen molar-refractivity contribution in [3.8, 4) is 0 Å². The predicted octanol–water partition coefficient (Wildman–Crippen LogP) is -1.35. The van der Waals surface area contributed by atoms with Gasteiger partial charge in [-0.15, -0.1) is 0 Å². The van der Waals surface area contributed by atoms with Crippen LogP contribution < -0.4 is 5.59 Å². The fourth-order valence-corrected chi connectivity index (χ4v) is 0.339. The van der Waals surface area contributed by atoms with E-state index < -0.39 is 0 Å². The number of hydrogen-bond acceptors (Lipinski definition) is 2. The summed E-state index contributed by atoms with van der Waals surface area (Å²) in [5.74, 6) is 0. The van der Waals surface area contributed by atoms with E-state index in [2.05, 4.69) is 10.2 Å². The third-order valence-electron chi connectivity index (χ3n) is 0.661.